The van der Waals surface area contributed by atoms with Gasteiger partial charge >= 0.3 is 11.9 Å². The second kappa shape index (κ2) is 7.30. The Hall–Kier alpha value is -1.36. The van der Waals surface area contributed by atoms with E-state index in [-0.39, 0.29) is 0 Å². The van der Waals surface area contributed by atoms with Crippen LogP contribution in [0.25, 0.3) is 0 Å². The van der Waals surface area contributed by atoms with Crippen molar-refractivity contribution in [3.05, 3.63) is 12.2 Å². The van der Waals surface area contributed by atoms with Gasteiger partial charge in [-0.15, -0.1) is 0 Å². The Morgan fingerprint density at radius 3 is 2.46 bits per heavy atom. The molecule has 0 saturated heterocycles. The summed E-state index contributed by atoms with van der Waals surface area (Å²) in [6.07, 6.45) is 3.39. The van der Waals surface area contributed by atoms with E-state index in [2.05, 4.69) is 9.62 Å². The summed E-state index contributed by atoms with van der Waals surface area (Å²) < 4.78 is 4.66. The molecule has 0 unspecified atom stereocenters. The predicted octanol–water partition coefficient (Wildman–Crippen LogP) is 0.902. The van der Waals surface area contributed by atoms with Crippen LogP contribution >= 0.6 is 0 Å². The van der Waals surface area contributed by atoms with Crippen LogP contribution in [0.5, 0.6) is 0 Å². The molecular weight excluding hydrogens is 176 g/mol. The highest BCUT2D eigenvalue weighted by atomic mass is 17.1. The fourth-order valence-electron chi connectivity index (χ4n) is 0.532. The van der Waals surface area contributed by atoms with Gasteiger partial charge in [0.1, 0.15) is 0 Å². The van der Waals surface area contributed by atoms with Crippen molar-refractivity contribution in [3.8, 4) is 0 Å². The summed E-state index contributed by atoms with van der Waals surface area (Å²) in [6, 6.07) is 0. The Kier molecular flexibility index (Phi) is 6.53. The molecule has 0 spiro atoms. The first kappa shape index (κ1) is 11.6. The van der Waals surface area contributed by atoms with Crippen molar-refractivity contribution in [1.82, 2.24) is 0 Å². The second-order valence-corrected chi connectivity index (χ2v) is 2.26. The Labute approximate surface area is 75.9 Å². The van der Waals surface area contributed by atoms with E-state index in [1.54, 1.807) is 0 Å². The summed E-state index contributed by atoms with van der Waals surface area (Å²) >= 11 is 0. The molecule has 5 nitrogen and oxygen atoms in total. The van der Waals surface area contributed by atoms with E-state index in [0.29, 0.717) is 6.61 Å². The van der Waals surface area contributed by atoms with Gasteiger partial charge in [0.2, 0.25) is 0 Å². The zero-order valence-corrected chi connectivity index (χ0v) is 7.36. The lowest BCUT2D eigenvalue weighted by molar-refractivity contribution is -0.228. The maximum Gasteiger partial charge on any atom is 0.365 e. The van der Waals surface area contributed by atoms with Crippen molar-refractivity contribution >= 4 is 11.9 Å². The molecule has 0 radical (unpaired) electrons. The summed E-state index contributed by atoms with van der Waals surface area (Å²) in [7, 11) is 0. The first-order valence-electron chi connectivity index (χ1n) is 3.91. The highest BCUT2D eigenvalue weighted by Gasteiger charge is 1.98. The Morgan fingerprint density at radius 1 is 1.31 bits per heavy atom. The van der Waals surface area contributed by atoms with Crippen molar-refractivity contribution in [2.75, 3.05) is 6.61 Å². The number of ether oxygens (including phenoxy) is 1. The highest BCUT2D eigenvalue weighted by molar-refractivity contribution is 5.91. The minimum absolute atomic E-state index is 0.327. The van der Waals surface area contributed by atoms with Crippen LogP contribution in [0, 0.1) is 0 Å². The van der Waals surface area contributed by atoms with E-state index >= 15 is 0 Å². The normalized spacial score (nSPS) is 10.0. The van der Waals surface area contributed by atoms with Gasteiger partial charge in [-0.25, -0.2) is 9.59 Å². The van der Waals surface area contributed by atoms with Crippen LogP contribution in [0.2, 0.25) is 0 Å². The van der Waals surface area contributed by atoms with E-state index in [4.69, 9.17) is 5.26 Å². The van der Waals surface area contributed by atoms with Crippen molar-refractivity contribution in [3.63, 3.8) is 0 Å². The SMILES string of the molecule is CCCCOC(=O)/C=C/C(=O)OO. The third kappa shape index (κ3) is 7.02. The van der Waals surface area contributed by atoms with Gasteiger partial charge in [-0.1, -0.05) is 13.3 Å². The van der Waals surface area contributed by atoms with Gasteiger partial charge in [-0.2, -0.15) is 5.26 Å². The van der Waals surface area contributed by atoms with Crippen molar-refractivity contribution in [1.29, 1.82) is 0 Å². The fraction of sp³-hybridized carbons (Fsp3) is 0.500. The third-order valence-electron chi connectivity index (χ3n) is 1.19. The lowest BCUT2D eigenvalue weighted by Gasteiger charge is -1.98. The molecule has 74 valence electrons. The molecule has 13 heavy (non-hydrogen) atoms. The van der Waals surface area contributed by atoms with E-state index in [0.717, 1.165) is 25.0 Å². The zero-order chi connectivity index (χ0) is 10.1. The van der Waals surface area contributed by atoms with Crippen LogP contribution in [-0.2, 0) is 19.2 Å². The van der Waals surface area contributed by atoms with Crippen LogP contribution in [0.3, 0.4) is 0 Å². The molecule has 0 bridgehead atoms. The van der Waals surface area contributed by atoms with Gasteiger partial charge in [0.15, 0.2) is 0 Å². The Morgan fingerprint density at radius 2 is 1.92 bits per heavy atom. The van der Waals surface area contributed by atoms with Gasteiger partial charge in [0.25, 0.3) is 0 Å². The molecule has 1 N–H and O–H groups in total. The smallest absolute Gasteiger partial charge is 0.365 e. The Balaban J connectivity index is 3.61. The molecule has 0 aromatic rings. The summed E-state index contributed by atoms with van der Waals surface area (Å²) in [6.45, 7) is 2.29. The number of hydrogen-bond acceptors (Lipinski definition) is 5. The first-order chi connectivity index (χ1) is 6.20. The van der Waals surface area contributed by atoms with E-state index in [1.807, 2.05) is 6.92 Å². The van der Waals surface area contributed by atoms with Crippen LogP contribution in [0.1, 0.15) is 19.8 Å². The average Bonchev–Trinajstić information content (AvgIpc) is 2.14. The minimum Gasteiger partial charge on any atom is -0.463 e. The third-order valence-corrected chi connectivity index (χ3v) is 1.19. The standard InChI is InChI=1S/C8H12O5/c1-2-3-6-12-7(9)4-5-8(10)13-11/h4-5,11H,2-3,6H2,1H3/b5-4+. The molecule has 0 aromatic carbocycles. The van der Waals surface area contributed by atoms with Gasteiger partial charge < -0.3 is 4.74 Å². The number of carbonyl (C=O) groups is 2. The molecule has 0 amide bonds. The Bertz CT molecular complexity index is 197. The minimum atomic E-state index is -1.01. The number of rotatable bonds is 5. The lowest BCUT2D eigenvalue weighted by Crippen LogP contribution is -2.03. The number of esters is 1. The van der Waals surface area contributed by atoms with Crippen molar-refractivity contribution in [2.24, 2.45) is 0 Å². The summed E-state index contributed by atoms with van der Waals surface area (Å²) in [5.41, 5.74) is 0. The van der Waals surface area contributed by atoms with Gasteiger partial charge in [0, 0.05) is 12.2 Å². The van der Waals surface area contributed by atoms with Crippen molar-refractivity contribution < 1.29 is 24.5 Å². The van der Waals surface area contributed by atoms with E-state index in [1.165, 1.54) is 0 Å². The molecule has 5 heteroatoms. The molecule has 0 rings (SSSR count). The van der Waals surface area contributed by atoms with E-state index < -0.39 is 11.9 Å². The number of unbranched alkanes of at least 4 members (excludes halogenated alkanes) is 1. The molecule has 0 aliphatic heterocycles. The monoisotopic (exact) mass is 188 g/mol. The summed E-state index contributed by atoms with van der Waals surface area (Å²) in [5, 5.41) is 7.81. The van der Waals surface area contributed by atoms with Crippen LogP contribution in [0.4, 0.5) is 0 Å². The maximum atomic E-state index is 10.7. The van der Waals surface area contributed by atoms with Gasteiger partial charge in [-0.3, -0.25) is 4.89 Å². The highest BCUT2D eigenvalue weighted by Crippen LogP contribution is 1.89. The van der Waals surface area contributed by atoms with Crippen LogP contribution in [-0.4, -0.2) is 23.8 Å². The largest absolute Gasteiger partial charge is 0.463 e. The molecule has 0 aliphatic rings. The molecule has 0 atom stereocenters. The summed E-state index contributed by atoms with van der Waals surface area (Å²) in [4.78, 5) is 24.3. The lowest BCUT2D eigenvalue weighted by atomic mass is 10.4. The number of hydrogen-bond donors (Lipinski definition) is 1. The van der Waals surface area contributed by atoms with Crippen LogP contribution in [0.15, 0.2) is 12.2 Å². The maximum absolute atomic E-state index is 10.7. The average molecular weight is 188 g/mol. The zero-order valence-electron chi connectivity index (χ0n) is 7.36. The van der Waals surface area contributed by atoms with Gasteiger partial charge in [0.05, 0.1) is 6.61 Å². The molecule has 0 aliphatic carbocycles. The number of carbonyl (C=O) groups excluding carboxylic acids is 2. The molecular formula is C8H12O5. The van der Waals surface area contributed by atoms with Gasteiger partial charge in [-0.05, 0) is 6.42 Å². The predicted molar refractivity (Wildman–Crippen MR) is 43.7 cm³/mol. The molecule has 0 fully saturated rings. The topological polar surface area (TPSA) is 72.8 Å². The first-order valence-corrected chi connectivity index (χ1v) is 3.91. The van der Waals surface area contributed by atoms with E-state index in [9.17, 15) is 9.59 Å². The molecule has 0 aromatic heterocycles. The molecule has 0 heterocycles. The van der Waals surface area contributed by atoms with Crippen molar-refractivity contribution in [2.45, 2.75) is 19.8 Å². The fourth-order valence-corrected chi connectivity index (χ4v) is 0.532. The molecule has 0 saturated carbocycles. The summed E-state index contributed by atoms with van der Waals surface area (Å²) in [5.74, 6) is -1.63. The second-order valence-electron chi connectivity index (χ2n) is 2.26. The van der Waals surface area contributed by atoms with Crippen LogP contribution < -0.4 is 0 Å². The quantitative estimate of drug-likeness (QED) is 0.228.